The topological polar surface area (TPSA) is 3.24 Å². The van der Waals surface area contributed by atoms with Gasteiger partial charge in [-0.05, 0) is 20.8 Å². The highest BCUT2D eigenvalue weighted by atomic mass is 127. The van der Waals surface area contributed by atoms with Gasteiger partial charge in [0.2, 0.25) is 0 Å². The highest BCUT2D eigenvalue weighted by Crippen LogP contribution is 2.40. The van der Waals surface area contributed by atoms with Crippen molar-refractivity contribution in [1.29, 1.82) is 0 Å². The Morgan fingerprint density at radius 3 is 2.47 bits per heavy atom. The number of nitrogens with zero attached hydrogens (tertiary/aromatic N) is 2. The van der Waals surface area contributed by atoms with Crippen LogP contribution in [0.15, 0.2) is 36.7 Å². The van der Waals surface area contributed by atoms with Gasteiger partial charge in [-0.25, -0.2) is 0 Å². The lowest BCUT2D eigenvalue weighted by molar-refractivity contribution is 0.212. The van der Waals surface area contributed by atoms with Crippen molar-refractivity contribution in [3.05, 3.63) is 42.2 Å². The van der Waals surface area contributed by atoms with Crippen LogP contribution in [0.25, 0.3) is 0 Å². The first-order valence-electron chi connectivity index (χ1n) is 6.08. The van der Waals surface area contributed by atoms with Crippen LogP contribution in [0.4, 0.5) is 5.69 Å². The first-order chi connectivity index (χ1) is 7.97. The minimum Gasteiger partial charge on any atom is -0.321 e. The van der Waals surface area contributed by atoms with Crippen molar-refractivity contribution in [3.8, 4) is 0 Å². The van der Waals surface area contributed by atoms with E-state index < -0.39 is 0 Å². The quantitative estimate of drug-likeness (QED) is 0.575. The Balaban J connectivity index is 2.40. The summed E-state index contributed by atoms with van der Waals surface area (Å²) in [5, 5.41) is 0. The molecule has 0 saturated carbocycles. The predicted octanol–water partition coefficient (Wildman–Crippen LogP) is 4.19. The Morgan fingerprint density at radius 1 is 1.29 bits per heavy atom. The van der Waals surface area contributed by atoms with Crippen molar-refractivity contribution in [2.45, 2.75) is 39.9 Å². The van der Waals surface area contributed by atoms with Gasteiger partial charge in [-0.2, -0.15) is 2.70 Å². The molecule has 0 aromatic heterocycles. The lowest BCUT2D eigenvalue weighted by atomic mass is 10.2. The fraction of sp³-hybridized carbons (Fsp3) is 0.429. The standard InChI is InChI=1S/C14H20IN2/c1-11(2)16-9-10-17(15,13(16)4)14-8-6-5-7-12(14)3/h5-11,13H,1-4H3/q+1/t13-,17?/m1/s1. The second-order valence-corrected chi connectivity index (χ2v) is 6.54. The molecule has 0 spiro atoms. The third kappa shape index (κ3) is 2.10. The van der Waals surface area contributed by atoms with E-state index in [1.165, 1.54) is 11.3 Å². The lowest BCUT2D eigenvalue weighted by Crippen LogP contribution is -2.47. The molecule has 1 aromatic rings. The van der Waals surface area contributed by atoms with Gasteiger partial charge in [0.25, 0.3) is 22.9 Å². The molecule has 0 fully saturated rings. The van der Waals surface area contributed by atoms with E-state index >= 15 is 0 Å². The van der Waals surface area contributed by atoms with Crippen molar-refractivity contribution in [3.63, 3.8) is 0 Å². The van der Waals surface area contributed by atoms with E-state index in [9.17, 15) is 0 Å². The molecule has 0 saturated heterocycles. The van der Waals surface area contributed by atoms with Gasteiger partial charge in [0.05, 0.1) is 6.20 Å². The molecule has 0 amide bonds. The second-order valence-electron chi connectivity index (χ2n) is 4.94. The number of para-hydroxylation sites is 1. The molecule has 17 heavy (non-hydrogen) atoms. The van der Waals surface area contributed by atoms with Gasteiger partial charge < -0.3 is 4.90 Å². The van der Waals surface area contributed by atoms with E-state index in [4.69, 9.17) is 0 Å². The Bertz CT molecular complexity index is 442. The summed E-state index contributed by atoms with van der Waals surface area (Å²) in [6, 6.07) is 9.19. The molecule has 0 aliphatic carbocycles. The Morgan fingerprint density at radius 2 is 1.94 bits per heavy atom. The van der Waals surface area contributed by atoms with E-state index in [1.54, 1.807) is 0 Å². The maximum absolute atomic E-state index is 2.54. The molecular formula is C14H20IN2+. The van der Waals surface area contributed by atoms with Crippen molar-refractivity contribution >= 4 is 28.6 Å². The normalized spacial score (nSPS) is 28.1. The molecule has 2 nitrogen and oxygen atoms in total. The summed E-state index contributed by atoms with van der Waals surface area (Å²) in [6.07, 6.45) is 4.96. The van der Waals surface area contributed by atoms with Crippen LogP contribution in [0.2, 0.25) is 0 Å². The van der Waals surface area contributed by atoms with E-state index in [2.05, 4.69) is 92.1 Å². The van der Waals surface area contributed by atoms with Gasteiger partial charge in [-0.3, -0.25) is 0 Å². The zero-order chi connectivity index (χ0) is 12.6. The monoisotopic (exact) mass is 343 g/mol. The van der Waals surface area contributed by atoms with Gasteiger partial charge in [-0.1, -0.05) is 18.2 Å². The summed E-state index contributed by atoms with van der Waals surface area (Å²) in [5.74, 6) is 0. The fourth-order valence-electron chi connectivity index (χ4n) is 2.45. The minimum atomic E-state index is 0.441. The molecule has 92 valence electrons. The van der Waals surface area contributed by atoms with E-state index in [-0.39, 0.29) is 0 Å². The minimum absolute atomic E-state index is 0.441. The van der Waals surface area contributed by atoms with E-state index in [0.29, 0.717) is 12.2 Å². The average molecular weight is 343 g/mol. The smallest absolute Gasteiger partial charge is 0.262 e. The van der Waals surface area contributed by atoms with E-state index in [1.807, 2.05) is 0 Å². The Labute approximate surface area is 118 Å². The molecular weight excluding hydrogens is 323 g/mol. The van der Waals surface area contributed by atoms with Crippen LogP contribution in [0.1, 0.15) is 26.3 Å². The SMILES string of the molecule is Cc1ccccc1[N+]1(I)C=CN(C(C)C)[C@H]1C. The van der Waals surface area contributed by atoms with Crippen LogP contribution in [0, 0.1) is 6.92 Å². The highest BCUT2D eigenvalue weighted by Gasteiger charge is 2.42. The van der Waals surface area contributed by atoms with Crippen molar-refractivity contribution in [1.82, 2.24) is 7.60 Å². The number of hydrogen-bond donors (Lipinski definition) is 0. The highest BCUT2D eigenvalue weighted by molar-refractivity contribution is 14.1. The molecule has 0 bridgehead atoms. The zero-order valence-electron chi connectivity index (χ0n) is 10.9. The number of rotatable bonds is 2. The maximum atomic E-state index is 2.54. The summed E-state index contributed by atoms with van der Waals surface area (Å²) in [5.41, 5.74) is 2.73. The van der Waals surface area contributed by atoms with Crippen molar-refractivity contribution < 1.29 is 0 Å². The third-order valence-corrected chi connectivity index (χ3v) is 5.16. The summed E-state index contributed by atoms with van der Waals surface area (Å²) in [6.45, 7) is 8.96. The molecule has 1 unspecified atom stereocenters. The molecule has 1 aromatic carbocycles. The molecule has 0 radical (unpaired) electrons. The summed E-state index contributed by atoms with van der Waals surface area (Å²) in [7, 11) is 0. The van der Waals surface area contributed by atoms with Crippen LogP contribution in [-0.4, -0.2) is 17.1 Å². The summed E-state index contributed by atoms with van der Waals surface area (Å²) < 4.78 is 0.836. The molecule has 1 aliphatic rings. The van der Waals surface area contributed by atoms with Crippen molar-refractivity contribution in [2.24, 2.45) is 0 Å². The van der Waals surface area contributed by atoms with Gasteiger partial charge >= 0.3 is 0 Å². The lowest BCUT2D eigenvalue weighted by Gasteiger charge is -2.35. The maximum Gasteiger partial charge on any atom is 0.262 e. The molecule has 1 heterocycles. The van der Waals surface area contributed by atoms with Crippen LogP contribution >= 0.6 is 22.9 Å². The number of quaternary nitrogens is 1. The van der Waals surface area contributed by atoms with Gasteiger partial charge in [0.1, 0.15) is 11.9 Å². The summed E-state index contributed by atoms with van der Waals surface area (Å²) in [4.78, 5) is 2.42. The number of hydrogen-bond acceptors (Lipinski definition) is 1. The molecule has 2 atom stereocenters. The first-order valence-corrected chi connectivity index (χ1v) is 7.04. The number of halogens is 1. The first kappa shape index (κ1) is 12.9. The van der Waals surface area contributed by atoms with Crippen molar-refractivity contribution in [2.75, 3.05) is 0 Å². The number of aryl methyl sites for hydroxylation is 1. The van der Waals surface area contributed by atoms with Gasteiger partial charge in [-0.15, -0.1) is 0 Å². The van der Waals surface area contributed by atoms with Gasteiger partial charge in [0.15, 0.2) is 6.17 Å². The van der Waals surface area contributed by atoms with Gasteiger partial charge in [0, 0.05) is 24.6 Å². The van der Waals surface area contributed by atoms with Crippen LogP contribution in [-0.2, 0) is 0 Å². The summed E-state index contributed by atoms with van der Waals surface area (Å²) >= 11 is 2.54. The van der Waals surface area contributed by atoms with E-state index in [0.717, 1.165) is 2.70 Å². The third-order valence-electron chi connectivity index (χ3n) is 3.51. The largest absolute Gasteiger partial charge is 0.321 e. The zero-order valence-corrected chi connectivity index (χ0v) is 13.0. The average Bonchev–Trinajstić information content (AvgIpc) is 2.57. The molecule has 3 heteroatoms. The van der Waals surface area contributed by atoms with Crippen LogP contribution < -0.4 is 2.70 Å². The molecule has 2 rings (SSSR count). The number of benzene rings is 1. The fourth-order valence-corrected chi connectivity index (χ4v) is 3.42. The molecule has 1 aliphatic heterocycles. The molecule has 0 N–H and O–H groups in total. The van der Waals surface area contributed by atoms with Crippen LogP contribution in [0.3, 0.4) is 0 Å². The Kier molecular flexibility index (Phi) is 3.50. The Hall–Kier alpha value is -0.550. The predicted molar refractivity (Wildman–Crippen MR) is 82.6 cm³/mol. The van der Waals surface area contributed by atoms with Crippen LogP contribution in [0.5, 0.6) is 0 Å². The second kappa shape index (κ2) is 4.61.